The number of anilines is 1. The van der Waals surface area contributed by atoms with Crippen LogP contribution in [-0.4, -0.2) is 30.2 Å². The van der Waals surface area contributed by atoms with E-state index in [0.29, 0.717) is 12.6 Å². The summed E-state index contributed by atoms with van der Waals surface area (Å²) in [5.74, 6) is 1.61. The van der Waals surface area contributed by atoms with E-state index in [1.54, 1.807) is 17.7 Å². The molecule has 1 aliphatic carbocycles. The highest BCUT2D eigenvalue weighted by atomic mass is 35.5. The molecule has 5 rings (SSSR count). The fraction of sp³-hybridized carbons (Fsp3) is 0.235. The van der Waals surface area contributed by atoms with E-state index in [1.165, 1.54) is 0 Å². The highest BCUT2D eigenvalue weighted by Crippen LogP contribution is 2.37. The SMILES string of the molecule is Clc1ccc(-c2csc3ncnc(NCc4nnnn4C4CC4)c23)cc1. The van der Waals surface area contributed by atoms with Crippen molar-refractivity contribution < 1.29 is 0 Å². The zero-order valence-electron chi connectivity index (χ0n) is 13.6. The van der Waals surface area contributed by atoms with E-state index in [2.05, 4.69) is 36.2 Å². The Kier molecular flexibility index (Phi) is 3.79. The Balaban J connectivity index is 1.50. The predicted molar refractivity (Wildman–Crippen MR) is 101 cm³/mol. The molecule has 3 heterocycles. The van der Waals surface area contributed by atoms with Crippen molar-refractivity contribution >= 4 is 39.0 Å². The number of nitrogens with one attached hydrogen (secondary N) is 1. The lowest BCUT2D eigenvalue weighted by Gasteiger charge is -2.08. The number of rotatable bonds is 5. The van der Waals surface area contributed by atoms with Gasteiger partial charge in [-0.3, -0.25) is 0 Å². The van der Waals surface area contributed by atoms with Crippen LogP contribution in [0.5, 0.6) is 0 Å². The van der Waals surface area contributed by atoms with Crippen molar-refractivity contribution in [2.24, 2.45) is 0 Å². The fourth-order valence-corrected chi connectivity index (χ4v) is 3.99. The summed E-state index contributed by atoms with van der Waals surface area (Å²) in [4.78, 5) is 9.79. The molecule has 0 spiro atoms. The molecule has 4 aromatic rings. The minimum atomic E-state index is 0.443. The van der Waals surface area contributed by atoms with Crippen molar-refractivity contribution in [1.29, 1.82) is 0 Å². The van der Waals surface area contributed by atoms with Crippen LogP contribution in [0.25, 0.3) is 21.3 Å². The maximum atomic E-state index is 6.02. The van der Waals surface area contributed by atoms with Crippen LogP contribution in [0, 0.1) is 0 Å². The van der Waals surface area contributed by atoms with Crippen molar-refractivity contribution in [2.45, 2.75) is 25.4 Å². The summed E-state index contributed by atoms with van der Waals surface area (Å²) < 4.78 is 1.90. The van der Waals surface area contributed by atoms with E-state index < -0.39 is 0 Å². The first-order valence-corrected chi connectivity index (χ1v) is 9.54. The number of fused-ring (bicyclic) bond motifs is 1. The summed E-state index contributed by atoms with van der Waals surface area (Å²) >= 11 is 7.62. The monoisotopic (exact) mass is 383 g/mol. The second kappa shape index (κ2) is 6.30. The molecule has 1 aromatic carbocycles. The molecule has 3 aromatic heterocycles. The van der Waals surface area contributed by atoms with Crippen molar-refractivity contribution in [3.8, 4) is 11.1 Å². The van der Waals surface area contributed by atoms with Crippen LogP contribution in [0.1, 0.15) is 24.7 Å². The number of benzene rings is 1. The van der Waals surface area contributed by atoms with Gasteiger partial charge in [-0.1, -0.05) is 23.7 Å². The molecule has 1 N–H and O–H groups in total. The third-order valence-electron chi connectivity index (χ3n) is 4.39. The molecular formula is C17H14ClN7S. The summed E-state index contributed by atoms with van der Waals surface area (Å²) in [7, 11) is 0. The molecule has 1 aliphatic rings. The second-order valence-corrected chi connectivity index (χ2v) is 7.48. The lowest BCUT2D eigenvalue weighted by molar-refractivity contribution is 0.586. The van der Waals surface area contributed by atoms with Crippen molar-refractivity contribution in [3.05, 3.63) is 46.8 Å². The second-order valence-electron chi connectivity index (χ2n) is 6.18. The van der Waals surface area contributed by atoms with Crippen LogP contribution < -0.4 is 5.32 Å². The average Bonchev–Trinajstić information content (AvgIpc) is 3.24. The van der Waals surface area contributed by atoms with Gasteiger partial charge in [-0.15, -0.1) is 16.4 Å². The normalized spacial score (nSPS) is 14.0. The van der Waals surface area contributed by atoms with Gasteiger partial charge in [0.1, 0.15) is 17.0 Å². The van der Waals surface area contributed by atoms with Crippen molar-refractivity contribution in [1.82, 2.24) is 30.2 Å². The third kappa shape index (κ3) is 2.81. The van der Waals surface area contributed by atoms with Gasteiger partial charge in [0.05, 0.1) is 18.0 Å². The van der Waals surface area contributed by atoms with Crippen LogP contribution in [0.15, 0.2) is 36.0 Å². The van der Waals surface area contributed by atoms with Gasteiger partial charge in [0.15, 0.2) is 5.82 Å². The Labute approximate surface area is 158 Å². The minimum absolute atomic E-state index is 0.443. The number of aromatic nitrogens is 6. The van der Waals surface area contributed by atoms with Crippen molar-refractivity contribution in [2.75, 3.05) is 5.32 Å². The maximum Gasteiger partial charge on any atom is 0.170 e. The first kappa shape index (κ1) is 15.7. The molecule has 0 saturated heterocycles. The topological polar surface area (TPSA) is 81.4 Å². The largest absolute Gasteiger partial charge is 0.362 e. The minimum Gasteiger partial charge on any atom is -0.362 e. The molecule has 9 heteroatoms. The third-order valence-corrected chi connectivity index (χ3v) is 5.53. The smallest absolute Gasteiger partial charge is 0.170 e. The van der Waals surface area contributed by atoms with Crippen LogP contribution in [0.2, 0.25) is 5.02 Å². The highest BCUT2D eigenvalue weighted by Gasteiger charge is 2.27. The fourth-order valence-electron chi connectivity index (χ4n) is 2.95. The molecule has 0 bridgehead atoms. The number of halogens is 1. The van der Waals surface area contributed by atoms with Gasteiger partial charge in [0, 0.05) is 16.0 Å². The van der Waals surface area contributed by atoms with Gasteiger partial charge in [0.25, 0.3) is 0 Å². The lowest BCUT2D eigenvalue weighted by Crippen LogP contribution is -2.10. The Bertz CT molecular complexity index is 1070. The zero-order chi connectivity index (χ0) is 17.5. The number of hydrogen-bond donors (Lipinski definition) is 1. The summed E-state index contributed by atoms with van der Waals surface area (Å²) in [6.45, 7) is 0.519. The molecule has 0 unspecified atom stereocenters. The van der Waals surface area contributed by atoms with Crippen molar-refractivity contribution in [3.63, 3.8) is 0 Å². The van der Waals surface area contributed by atoms with E-state index in [4.69, 9.17) is 11.6 Å². The molecule has 0 atom stereocenters. The lowest BCUT2D eigenvalue weighted by atomic mass is 10.1. The Morgan fingerprint density at radius 1 is 1.19 bits per heavy atom. The first-order chi connectivity index (χ1) is 12.8. The van der Waals surface area contributed by atoms with E-state index in [9.17, 15) is 0 Å². The highest BCUT2D eigenvalue weighted by molar-refractivity contribution is 7.17. The van der Waals surface area contributed by atoms with Gasteiger partial charge in [0.2, 0.25) is 0 Å². The van der Waals surface area contributed by atoms with Crippen LogP contribution in [0.4, 0.5) is 5.82 Å². The van der Waals surface area contributed by atoms with Crippen LogP contribution in [-0.2, 0) is 6.54 Å². The first-order valence-electron chi connectivity index (χ1n) is 8.28. The zero-order valence-corrected chi connectivity index (χ0v) is 15.2. The van der Waals surface area contributed by atoms with Gasteiger partial charge in [-0.25, -0.2) is 14.6 Å². The quantitative estimate of drug-likeness (QED) is 0.562. The molecule has 0 amide bonds. The van der Waals surface area contributed by atoms with E-state index in [1.807, 2.05) is 28.9 Å². The summed E-state index contributed by atoms with van der Waals surface area (Å²) in [5.41, 5.74) is 2.17. The molecule has 1 fully saturated rings. The summed E-state index contributed by atoms with van der Waals surface area (Å²) in [6, 6.07) is 8.24. The number of hydrogen-bond acceptors (Lipinski definition) is 7. The average molecular weight is 384 g/mol. The summed E-state index contributed by atoms with van der Waals surface area (Å²) in [6.07, 6.45) is 3.86. The van der Waals surface area contributed by atoms with E-state index >= 15 is 0 Å². The number of thiophene rings is 1. The molecule has 26 heavy (non-hydrogen) atoms. The molecule has 0 radical (unpaired) electrons. The molecule has 130 valence electrons. The van der Waals surface area contributed by atoms with Gasteiger partial charge in [-0.05, 0) is 41.0 Å². The van der Waals surface area contributed by atoms with Gasteiger partial charge < -0.3 is 5.32 Å². The van der Waals surface area contributed by atoms with Gasteiger partial charge >= 0.3 is 0 Å². The molecular weight excluding hydrogens is 370 g/mol. The Morgan fingerprint density at radius 2 is 2.04 bits per heavy atom. The Hall–Kier alpha value is -2.58. The Morgan fingerprint density at radius 3 is 2.85 bits per heavy atom. The maximum absolute atomic E-state index is 6.02. The van der Waals surface area contributed by atoms with Crippen LogP contribution in [0.3, 0.4) is 0 Å². The number of tetrazole rings is 1. The van der Waals surface area contributed by atoms with Crippen LogP contribution >= 0.6 is 22.9 Å². The standard InChI is InChI=1S/C17H14ClN7S/c18-11-3-1-10(2-4-11)13-8-26-17-15(13)16(20-9-21-17)19-7-14-22-23-24-25(14)12-5-6-12/h1-4,8-9,12H,5-7H2,(H,19,20,21). The molecule has 0 aliphatic heterocycles. The number of nitrogens with zero attached hydrogens (tertiary/aromatic N) is 6. The molecule has 7 nitrogen and oxygen atoms in total. The van der Waals surface area contributed by atoms with E-state index in [-0.39, 0.29) is 0 Å². The predicted octanol–water partition coefficient (Wildman–Crippen LogP) is 3.95. The van der Waals surface area contributed by atoms with Gasteiger partial charge in [-0.2, -0.15) is 0 Å². The van der Waals surface area contributed by atoms with E-state index in [0.717, 1.165) is 50.9 Å². The molecule has 1 saturated carbocycles. The summed E-state index contributed by atoms with van der Waals surface area (Å²) in [5, 5.41) is 19.2.